The van der Waals surface area contributed by atoms with Gasteiger partial charge in [0.2, 0.25) is 11.7 Å². The minimum absolute atomic E-state index is 0.00215. The second kappa shape index (κ2) is 5.00. The number of nitrogens with zero attached hydrogens (tertiary/aromatic N) is 3. The second-order valence-electron chi connectivity index (χ2n) is 3.58. The molecule has 0 bridgehead atoms. The molecule has 2 heterocycles. The third-order valence-corrected chi connectivity index (χ3v) is 2.73. The van der Waals surface area contributed by atoms with E-state index in [2.05, 4.69) is 15.1 Å². The largest absolute Gasteiger partial charge is 0.339 e. The van der Waals surface area contributed by atoms with Crippen LogP contribution in [-0.4, -0.2) is 21.7 Å². The van der Waals surface area contributed by atoms with Gasteiger partial charge in [-0.1, -0.05) is 35.3 Å². The third-order valence-electron chi connectivity index (χ3n) is 2.24. The van der Waals surface area contributed by atoms with Gasteiger partial charge in [0.1, 0.15) is 5.69 Å². The lowest BCUT2D eigenvalue weighted by molar-refractivity contribution is 0.361. The SMILES string of the molecule is CC(CN)c1nc(-c2ncc(Cl)cc2Cl)no1. The van der Waals surface area contributed by atoms with Gasteiger partial charge in [-0.3, -0.25) is 0 Å². The van der Waals surface area contributed by atoms with Crippen LogP contribution in [0.2, 0.25) is 10.0 Å². The van der Waals surface area contributed by atoms with E-state index >= 15 is 0 Å². The predicted molar refractivity (Wildman–Crippen MR) is 65.0 cm³/mol. The van der Waals surface area contributed by atoms with Gasteiger partial charge in [0.05, 0.1) is 10.0 Å². The molecule has 0 aromatic carbocycles. The Balaban J connectivity index is 2.37. The molecular formula is C10H10Cl2N4O. The molecule has 7 heteroatoms. The van der Waals surface area contributed by atoms with E-state index in [1.807, 2.05) is 6.92 Å². The fraction of sp³-hybridized carbons (Fsp3) is 0.300. The summed E-state index contributed by atoms with van der Waals surface area (Å²) in [6, 6.07) is 1.58. The van der Waals surface area contributed by atoms with Crippen LogP contribution in [0.15, 0.2) is 16.8 Å². The van der Waals surface area contributed by atoms with Crippen LogP contribution in [-0.2, 0) is 0 Å². The summed E-state index contributed by atoms with van der Waals surface area (Å²) in [6.07, 6.45) is 1.48. The van der Waals surface area contributed by atoms with Gasteiger partial charge < -0.3 is 10.3 Å². The Hall–Kier alpha value is -1.17. The number of hydrogen-bond donors (Lipinski definition) is 1. The fourth-order valence-electron chi connectivity index (χ4n) is 1.21. The van der Waals surface area contributed by atoms with Crippen molar-refractivity contribution in [3.05, 3.63) is 28.2 Å². The molecule has 2 aromatic heterocycles. The van der Waals surface area contributed by atoms with Gasteiger partial charge in [-0.05, 0) is 6.07 Å². The Morgan fingerprint density at radius 2 is 2.24 bits per heavy atom. The highest BCUT2D eigenvalue weighted by Crippen LogP contribution is 2.26. The summed E-state index contributed by atoms with van der Waals surface area (Å²) in [7, 11) is 0. The van der Waals surface area contributed by atoms with Crippen molar-refractivity contribution in [2.45, 2.75) is 12.8 Å². The maximum Gasteiger partial charge on any atom is 0.231 e. The monoisotopic (exact) mass is 272 g/mol. The molecular weight excluding hydrogens is 263 g/mol. The van der Waals surface area contributed by atoms with Gasteiger partial charge in [-0.15, -0.1) is 0 Å². The summed E-state index contributed by atoms with van der Waals surface area (Å²) in [6.45, 7) is 2.33. The highest BCUT2D eigenvalue weighted by atomic mass is 35.5. The Bertz CT molecular complexity index is 529. The standard InChI is InChI=1S/C10H10Cl2N4O/c1-5(3-13)10-15-9(16-17-10)8-7(12)2-6(11)4-14-8/h2,4-5H,3,13H2,1H3. The zero-order valence-electron chi connectivity index (χ0n) is 9.02. The van der Waals surface area contributed by atoms with Crippen molar-refractivity contribution in [3.63, 3.8) is 0 Å². The molecule has 2 aromatic rings. The minimum atomic E-state index is 0.00215. The summed E-state index contributed by atoms with van der Waals surface area (Å²) in [4.78, 5) is 8.26. The molecule has 0 aliphatic rings. The van der Waals surface area contributed by atoms with Crippen LogP contribution in [0.1, 0.15) is 18.7 Å². The Labute approximate surface area is 108 Å². The Kier molecular flexibility index (Phi) is 3.61. The number of halogens is 2. The average molecular weight is 273 g/mol. The molecule has 5 nitrogen and oxygen atoms in total. The first-order valence-electron chi connectivity index (χ1n) is 4.97. The van der Waals surface area contributed by atoms with Gasteiger partial charge in [-0.25, -0.2) is 4.98 Å². The quantitative estimate of drug-likeness (QED) is 0.929. The van der Waals surface area contributed by atoms with Gasteiger partial charge in [-0.2, -0.15) is 4.98 Å². The van der Waals surface area contributed by atoms with Crippen molar-refractivity contribution in [2.75, 3.05) is 6.54 Å². The van der Waals surface area contributed by atoms with E-state index in [0.717, 1.165) is 0 Å². The molecule has 0 amide bonds. The zero-order chi connectivity index (χ0) is 12.4. The molecule has 2 rings (SSSR count). The summed E-state index contributed by atoms with van der Waals surface area (Å²) < 4.78 is 5.08. The van der Waals surface area contributed by atoms with Crippen molar-refractivity contribution in [2.24, 2.45) is 5.73 Å². The maximum absolute atomic E-state index is 5.99. The van der Waals surface area contributed by atoms with Crippen LogP contribution in [0.3, 0.4) is 0 Å². The smallest absolute Gasteiger partial charge is 0.231 e. The maximum atomic E-state index is 5.99. The third kappa shape index (κ3) is 2.57. The van der Waals surface area contributed by atoms with Crippen molar-refractivity contribution < 1.29 is 4.52 Å². The lowest BCUT2D eigenvalue weighted by atomic mass is 10.2. The highest BCUT2D eigenvalue weighted by molar-refractivity contribution is 6.35. The van der Waals surface area contributed by atoms with Crippen molar-refractivity contribution in [1.82, 2.24) is 15.1 Å². The average Bonchev–Trinajstić information content (AvgIpc) is 2.77. The molecule has 0 aliphatic heterocycles. The van der Waals surface area contributed by atoms with E-state index in [0.29, 0.717) is 34.0 Å². The summed E-state index contributed by atoms with van der Waals surface area (Å²) in [5.74, 6) is 0.805. The van der Waals surface area contributed by atoms with E-state index in [-0.39, 0.29) is 5.92 Å². The molecule has 1 atom stereocenters. The lowest BCUT2D eigenvalue weighted by Gasteiger charge is -1.99. The van der Waals surface area contributed by atoms with Gasteiger partial charge in [0.25, 0.3) is 0 Å². The van der Waals surface area contributed by atoms with Gasteiger partial charge in [0, 0.05) is 18.7 Å². The predicted octanol–water partition coefficient (Wildman–Crippen LogP) is 2.50. The van der Waals surface area contributed by atoms with Crippen LogP contribution in [0, 0.1) is 0 Å². The van der Waals surface area contributed by atoms with Gasteiger partial charge >= 0.3 is 0 Å². The molecule has 90 valence electrons. The van der Waals surface area contributed by atoms with E-state index in [9.17, 15) is 0 Å². The van der Waals surface area contributed by atoms with Crippen LogP contribution in [0.4, 0.5) is 0 Å². The Morgan fingerprint density at radius 3 is 2.88 bits per heavy atom. The molecule has 0 aliphatic carbocycles. The normalized spacial score (nSPS) is 12.7. The first kappa shape index (κ1) is 12.3. The van der Waals surface area contributed by atoms with Crippen LogP contribution < -0.4 is 5.73 Å². The topological polar surface area (TPSA) is 77.8 Å². The fourth-order valence-corrected chi connectivity index (χ4v) is 1.68. The molecule has 0 spiro atoms. The molecule has 0 fully saturated rings. The number of pyridine rings is 1. The molecule has 1 unspecified atom stereocenters. The second-order valence-corrected chi connectivity index (χ2v) is 4.42. The van der Waals surface area contributed by atoms with Crippen LogP contribution in [0.5, 0.6) is 0 Å². The van der Waals surface area contributed by atoms with E-state index in [1.165, 1.54) is 6.20 Å². The summed E-state index contributed by atoms with van der Waals surface area (Å²) in [5.41, 5.74) is 5.95. The Morgan fingerprint density at radius 1 is 1.47 bits per heavy atom. The summed E-state index contributed by atoms with van der Waals surface area (Å²) >= 11 is 11.7. The van der Waals surface area contributed by atoms with E-state index in [4.69, 9.17) is 33.5 Å². The number of rotatable bonds is 3. The minimum Gasteiger partial charge on any atom is -0.339 e. The first-order chi connectivity index (χ1) is 8.11. The molecule has 17 heavy (non-hydrogen) atoms. The van der Waals surface area contributed by atoms with Crippen molar-refractivity contribution in [3.8, 4) is 11.5 Å². The van der Waals surface area contributed by atoms with E-state index < -0.39 is 0 Å². The van der Waals surface area contributed by atoms with Crippen LogP contribution >= 0.6 is 23.2 Å². The molecule has 0 saturated carbocycles. The number of nitrogens with two attached hydrogens (primary N) is 1. The van der Waals surface area contributed by atoms with Crippen LogP contribution in [0.25, 0.3) is 11.5 Å². The van der Waals surface area contributed by atoms with E-state index in [1.54, 1.807) is 6.07 Å². The lowest BCUT2D eigenvalue weighted by Crippen LogP contribution is -2.09. The first-order valence-corrected chi connectivity index (χ1v) is 5.72. The number of aromatic nitrogens is 3. The van der Waals surface area contributed by atoms with Crippen molar-refractivity contribution in [1.29, 1.82) is 0 Å². The molecule has 0 radical (unpaired) electrons. The molecule has 0 saturated heterocycles. The highest BCUT2D eigenvalue weighted by Gasteiger charge is 2.16. The number of hydrogen-bond acceptors (Lipinski definition) is 5. The summed E-state index contributed by atoms with van der Waals surface area (Å²) in [5, 5.41) is 4.65. The van der Waals surface area contributed by atoms with Crippen molar-refractivity contribution >= 4 is 23.2 Å². The van der Waals surface area contributed by atoms with Gasteiger partial charge in [0.15, 0.2) is 0 Å². The molecule has 2 N–H and O–H groups in total. The zero-order valence-corrected chi connectivity index (χ0v) is 10.5.